The summed E-state index contributed by atoms with van der Waals surface area (Å²) < 4.78 is 5.12. The van der Waals surface area contributed by atoms with E-state index >= 15 is 0 Å². The number of likely N-dealkylation sites (tertiary alicyclic amines) is 1. The molecule has 0 aromatic rings. The average Bonchev–Trinajstić information content (AvgIpc) is 2.43. The lowest BCUT2D eigenvalue weighted by Crippen LogP contribution is -2.20. The van der Waals surface area contributed by atoms with Crippen LogP contribution in [0.3, 0.4) is 0 Å². The van der Waals surface area contributed by atoms with E-state index in [1.54, 1.807) is 7.11 Å². The number of piperidine rings is 1. The van der Waals surface area contributed by atoms with Gasteiger partial charge >= 0.3 is 0 Å². The molecule has 1 heterocycles. The number of hydrogen-bond acceptors (Lipinski definition) is 2. The second-order valence-electron chi connectivity index (χ2n) is 3.67. The van der Waals surface area contributed by atoms with Crippen LogP contribution in [0.4, 0.5) is 0 Å². The smallest absolute Gasteiger partial charge is 0.0496 e. The summed E-state index contributed by atoms with van der Waals surface area (Å²) in [6, 6.07) is 0. The van der Waals surface area contributed by atoms with Crippen molar-refractivity contribution in [1.29, 1.82) is 0 Å². The molecule has 10 heavy (non-hydrogen) atoms. The molecule has 0 unspecified atom stereocenters. The van der Waals surface area contributed by atoms with Crippen LogP contribution in [0.2, 0.25) is 0 Å². The van der Waals surface area contributed by atoms with Gasteiger partial charge in [-0.15, -0.1) is 0 Å². The summed E-state index contributed by atoms with van der Waals surface area (Å²) in [5, 5.41) is 0. The molecule has 1 saturated heterocycles. The van der Waals surface area contributed by atoms with Crippen LogP contribution in [0.1, 0.15) is 0 Å². The molecule has 0 N–H and O–H groups in total. The number of fused-ring (bicyclic) bond motifs is 1. The third kappa shape index (κ3) is 0.867. The van der Waals surface area contributed by atoms with Gasteiger partial charge in [0.25, 0.3) is 0 Å². The highest BCUT2D eigenvalue weighted by Gasteiger charge is 2.54. The molecule has 1 saturated carbocycles. The minimum Gasteiger partial charge on any atom is -0.384 e. The van der Waals surface area contributed by atoms with Crippen molar-refractivity contribution in [1.82, 2.24) is 4.90 Å². The van der Waals surface area contributed by atoms with Crippen molar-refractivity contribution in [2.24, 2.45) is 17.8 Å². The molecule has 0 aromatic carbocycles. The Balaban J connectivity index is 1.81. The third-order valence-corrected chi connectivity index (χ3v) is 2.91. The highest BCUT2D eigenvalue weighted by atomic mass is 16.5. The van der Waals surface area contributed by atoms with Gasteiger partial charge in [0.05, 0.1) is 0 Å². The van der Waals surface area contributed by atoms with E-state index in [0.29, 0.717) is 0 Å². The number of methoxy groups -OCH3 is 1. The first-order valence-electron chi connectivity index (χ1n) is 4.00. The predicted molar refractivity (Wildman–Crippen MR) is 39.8 cm³/mol. The van der Waals surface area contributed by atoms with Gasteiger partial charge in [0, 0.05) is 26.8 Å². The summed E-state index contributed by atoms with van der Waals surface area (Å²) in [4.78, 5) is 2.42. The molecule has 3 atom stereocenters. The van der Waals surface area contributed by atoms with Crippen molar-refractivity contribution >= 4 is 0 Å². The Labute approximate surface area is 62.2 Å². The average molecular weight is 141 g/mol. The molecule has 58 valence electrons. The zero-order valence-corrected chi connectivity index (χ0v) is 6.71. The van der Waals surface area contributed by atoms with Crippen LogP contribution in [0.5, 0.6) is 0 Å². The van der Waals surface area contributed by atoms with Gasteiger partial charge in [-0.3, -0.25) is 0 Å². The maximum Gasteiger partial charge on any atom is 0.0496 e. The third-order valence-electron chi connectivity index (χ3n) is 2.91. The Hall–Kier alpha value is -0.0800. The van der Waals surface area contributed by atoms with Crippen molar-refractivity contribution in [2.45, 2.75) is 0 Å². The van der Waals surface area contributed by atoms with E-state index in [-0.39, 0.29) is 0 Å². The summed E-state index contributed by atoms with van der Waals surface area (Å²) in [7, 11) is 4.01. The summed E-state index contributed by atoms with van der Waals surface area (Å²) >= 11 is 0. The summed E-state index contributed by atoms with van der Waals surface area (Å²) in [6.07, 6.45) is 0. The molecule has 2 aliphatic rings. The second-order valence-corrected chi connectivity index (χ2v) is 3.67. The van der Waals surface area contributed by atoms with Crippen LogP contribution in [0, 0.1) is 17.8 Å². The van der Waals surface area contributed by atoms with E-state index in [2.05, 4.69) is 11.9 Å². The van der Waals surface area contributed by atoms with Gasteiger partial charge < -0.3 is 9.64 Å². The Kier molecular flexibility index (Phi) is 1.46. The molecule has 2 heteroatoms. The Morgan fingerprint density at radius 2 is 2.00 bits per heavy atom. The van der Waals surface area contributed by atoms with Crippen molar-refractivity contribution in [3.8, 4) is 0 Å². The van der Waals surface area contributed by atoms with Gasteiger partial charge in [0.1, 0.15) is 0 Å². The van der Waals surface area contributed by atoms with Crippen LogP contribution in [-0.2, 0) is 4.74 Å². The maximum atomic E-state index is 5.12. The minimum atomic E-state index is 0.904. The highest BCUT2D eigenvalue weighted by molar-refractivity contribution is 5.04. The van der Waals surface area contributed by atoms with Gasteiger partial charge in [0.2, 0.25) is 0 Å². The lowest BCUT2D eigenvalue weighted by atomic mass is 10.3. The van der Waals surface area contributed by atoms with Crippen LogP contribution in [0.25, 0.3) is 0 Å². The number of hydrogen-bond donors (Lipinski definition) is 0. The Morgan fingerprint density at radius 1 is 1.40 bits per heavy atom. The fourth-order valence-corrected chi connectivity index (χ4v) is 2.30. The van der Waals surface area contributed by atoms with E-state index in [9.17, 15) is 0 Å². The lowest BCUT2D eigenvalue weighted by molar-refractivity contribution is 0.165. The van der Waals surface area contributed by atoms with Crippen molar-refractivity contribution in [3.63, 3.8) is 0 Å². The van der Waals surface area contributed by atoms with Gasteiger partial charge in [-0.25, -0.2) is 0 Å². The van der Waals surface area contributed by atoms with E-state index in [0.717, 1.165) is 24.4 Å². The SMILES string of the molecule is COC[C@@H]1[C@H]2CN(C)C[C@@H]12. The maximum absolute atomic E-state index is 5.12. The molecule has 1 aliphatic heterocycles. The standard InChI is InChI=1S/C8H15NO/c1-9-3-6-7(4-9)8(6)5-10-2/h6-8H,3-5H2,1-2H3/t6-,7+,8+. The van der Waals surface area contributed by atoms with E-state index in [1.165, 1.54) is 13.1 Å². The highest BCUT2D eigenvalue weighted by Crippen LogP contribution is 2.51. The summed E-state index contributed by atoms with van der Waals surface area (Å²) in [6.45, 7) is 3.60. The molecule has 0 spiro atoms. The first-order valence-corrected chi connectivity index (χ1v) is 4.00. The molecular weight excluding hydrogens is 126 g/mol. The zero-order chi connectivity index (χ0) is 7.14. The number of rotatable bonds is 2. The van der Waals surface area contributed by atoms with Crippen LogP contribution in [-0.4, -0.2) is 38.8 Å². The van der Waals surface area contributed by atoms with Gasteiger partial charge in [-0.05, 0) is 24.8 Å². The molecule has 0 amide bonds. The summed E-state index contributed by atoms with van der Waals surface area (Å²) in [5.41, 5.74) is 0. The second kappa shape index (κ2) is 2.21. The van der Waals surface area contributed by atoms with E-state index < -0.39 is 0 Å². The van der Waals surface area contributed by atoms with Crippen molar-refractivity contribution < 1.29 is 4.74 Å². The minimum absolute atomic E-state index is 0.904. The first-order chi connectivity index (χ1) is 4.83. The van der Waals surface area contributed by atoms with Crippen LogP contribution < -0.4 is 0 Å². The number of ether oxygens (including phenoxy) is 1. The lowest BCUT2D eigenvalue weighted by Gasteiger charge is -2.11. The number of nitrogens with zero attached hydrogens (tertiary/aromatic N) is 1. The van der Waals surface area contributed by atoms with Crippen molar-refractivity contribution in [3.05, 3.63) is 0 Å². The molecule has 0 aromatic heterocycles. The fourth-order valence-electron chi connectivity index (χ4n) is 2.30. The Morgan fingerprint density at radius 3 is 2.50 bits per heavy atom. The molecule has 1 aliphatic carbocycles. The molecular formula is C8H15NO. The van der Waals surface area contributed by atoms with Gasteiger partial charge in [0.15, 0.2) is 0 Å². The van der Waals surface area contributed by atoms with E-state index in [4.69, 9.17) is 4.74 Å². The molecule has 0 bridgehead atoms. The molecule has 2 fully saturated rings. The van der Waals surface area contributed by atoms with Gasteiger partial charge in [-0.2, -0.15) is 0 Å². The molecule has 2 rings (SSSR count). The predicted octanol–water partition coefficient (Wildman–Crippen LogP) is 0.440. The molecule has 2 nitrogen and oxygen atoms in total. The topological polar surface area (TPSA) is 12.5 Å². The van der Waals surface area contributed by atoms with Gasteiger partial charge in [-0.1, -0.05) is 0 Å². The van der Waals surface area contributed by atoms with Crippen molar-refractivity contribution in [2.75, 3.05) is 33.9 Å². The normalized spacial score (nSPS) is 45.6. The summed E-state index contributed by atoms with van der Waals surface area (Å²) in [5.74, 6) is 2.86. The Bertz CT molecular complexity index is 118. The zero-order valence-electron chi connectivity index (χ0n) is 6.71. The largest absolute Gasteiger partial charge is 0.384 e. The molecule has 0 radical (unpaired) electrons. The van der Waals surface area contributed by atoms with E-state index in [1.807, 2.05) is 0 Å². The quantitative estimate of drug-likeness (QED) is 0.553. The monoisotopic (exact) mass is 141 g/mol. The fraction of sp³-hybridized carbons (Fsp3) is 1.00. The van der Waals surface area contributed by atoms with Crippen LogP contribution >= 0.6 is 0 Å². The van der Waals surface area contributed by atoms with Crippen LogP contribution in [0.15, 0.2) is 0 Å². The first kappa shape index (κ1) is 6.62.